The Morgan fingerprint density at radius 2 is 0.490 bits per heavy atom. The number of phosphoric acid groups is 2. The molecule has 3 N–H and O–H groups in total. The molecule has 0 radical (unpaired) electrons. The maximum Gasteiger partial charge on any atom is 0.472 e. The predicted octanol–water partition coefficient (Wildman–Crippen LogP) is 25.7. The maximum atomic E-state index is 13.1. The summed E-state index contributed by atoms with van der Waals surface area (Å²) < 4.78 is 68.9. The topological polar surface area (TPSA) is 237 Å². The minimum absolute atomic E-state index is 0.106. The van der Waals surface area contributed by atoms with Crippen molar-refractivity contribution in [3.8, 4) is 0 Å². The van der Waals surface area contributed by atoms with Crippen LogP contribution < -0.4 is 0 Å². The van der Waals surface area contributed by atoms with Crippen LogP contribution >= 0.6 is 15.6 Å². The highest BCUT2D eigenvalue weighted by atomic mass is 31.2. The molecule has 104 heavy (non-hydrogen) atoms. The van der Waals surface area contributed by atoms with Gasteiger partial charge in [-0.1, -0.05) is 395 Å². The molecule has 618 valence electrons. The third-order valence-corrected chi connectivity index (χ3v) is 22.1. The Hall–Kier alpha value is -1.94. The van der Waals surface area contributed by atoms with E-state index in [1.54, 1.807) is 0 Å². The first-order valence-electron chi connectivity index (χ1n) is 43.9. The Morgan fingerprint density at radius 3 is 0.731 bits per heavy atom. The second-order valence-corrected chi connectivity index (χ2v) is 34.7. The van der Waals surface area contributed by atoms with Gasteiger partial charge in [0.2, 0.25) is 0 Å². The molecule has 0 aliphatic heterocycles. The van der Waals surface area contributed by atoms with Crippen LogP contribution in [0.1, 0.15) is 447 Å². The van der Waals surface area contributed by atoms with Crippen molar-refractivity contribution < 1.29 is 80.2 Å². The number of hydrogen-bond acceptors (Lipinski definition) is 15. The van der Waals surface area contributed by atoms with Crippen LogP contribution in [0.2, 0.25) is 0 Å². The molecule has 0 saturated heterocycles. The van der Waals surface area contributed by atoms with E-state index in [2.05, 4.69) is 48.5 Å². The number of esters is 4. The van der Waals surface area contributed by atoms with Crippen LogP contribution in [0.25, 0.3) is 0 Å². The van der Waals surface area contributed by atoms with Gasteiger partial charge in [-0.25, -0.2) is 9.13 Å². The molecule has 0 heterocycles. The van der Waals surface area contributed by atoms with Crippen molar-refractivity contribution in [2.75, 3.05) is 39.6 Å². The lowest BCUT2D eigenvalue weighted by atomic mass is 9.99. The predicted molar refractivity (Wildman–Crippen MR) is 428 cm³/mol. The first-order valence-corrected chi connectivity index (χ1v) is 46.9. The SMILES string of the molecule is CCCCCCCCCCCCCCCCCCCCC(=O)OC[C@H](COP(=O)(O)OC[C@@H](O)COP(=O)(O)OC[C@@H](COC(=O)CCCCCCCCCCC(C)C)OC(=O)CCCCCCCCCCCCC(C)CC)OC(=O)CCCCCCCCCCCCCCCCCCCCC(C)C. The van der Waals surface area contributed by atoms with Gasteiger partial charge in [-0.2, -0.15) is 0 Å². The van der Waals surface area contributed by atoms with Crippen LogP contribution in [-0.2, 0) is 65.4 Å². The summed E-state index contributed by atoms with van der Waals surface area (Å²) in [6, 6.07) is 0. The first-order chi connectivity index (χ1) is 50.3. The van der Waals surface area contributed by atoms with Crippen LogP contribution in [0.5, 0.6) is 0 Å². The van der Waals surface area contributed by atoms with Crippen LogP contribution in [-0.4, -0.2) is 96.7 Å². The Balaban J connectivity index is 5.24. The van der Waals surface area contributed by atoms with Crippen LogP contribution in [0.15, 0.2) is 0 Å². The number of phosphoric ester groups is 2. The smallest absolute Gasteiger partial charge is 0.462 e. The number of hydrogen-bond donors (Lipinski definition) is 3. The normalized spacial score (nSPS) is 14.2. The standard InChI is InChI=1S/C85H166O17P2/c1-8-10-11-12-13-14-15-16-17-18-22-25-28-31-37-45-52-59-66-82(87)95-72-80(101-84(89)68-61-54-47-38-32-29-26-23-20-19-21-24-27-30-35-42-49-56-63-76(3)4)74-99-103(91,92)97-70-79(86)71-98-104(93,94)100-75-81(73-96-83(88)67-60-53-46-41-40-43-50-57-64-77(5)6)102-85(90)69-62-55-48-39-34-33-36-44-51-58-65-78(7)9-2/h76-81,86H,8-75H2,1-7H3,(H,91,92)(H,93,94)/t78?,79-,80-,81-/m1/s1. The first kappa shape index (κ1) is 102. The van der Waals surface area contributed by atoms with Crippen molar-refractivity contribution in [1.82, 2.24) is 0 Å². The van der Waals surface area contributed by atoms with E-state index < -0.39 is 97.5 Å². The third kappa shape index (κ3) is 76.8. The highest BCUT2D eigenvalue weighted by Gasteiger charge is 2.30. The molecule has 0 amide bonds. The highest BCUT2D eigenvalue weighted by Crippen LogP contribution is 2.45. The lowest BCUT2D eigenvalue weighted by Crippen LogP contribution is -2.30. The summed E-state index contributed by atoms with van der Waals surface area (Å²) in [5.74, 6) is 0.243. The largest absolute Gasteiger partial charge is 0.472 e. The third-order valence-electron chi connectivity index (χ3n) is 20.2. The molecular weight excluding hydrogens is 1350 g/mol. The van der Waals surface area contributed by atoms with E-state index in [0.29, 0.717) is 25.7 Å². The van der Waals surface area contributed by atoms with E-state index in [-0.39, 0.29) is 25.7 Å². The summed E-state index contributed by atoms with van der Waals surface area (Å²) in [6.45, 7) is 12.0. The van der Waals surface area contributed by atoms with Gasteiger partial charge in [0, 0.05) is 25.7 Å². The second kappa shape index (κ2) is 75.1. The fourth-order valence-electron chi connectivity index (χ4n) is 13.2. The Morgan fingerprint density at radius 1 is 0.279 bits per heavy atom. The van der Waals surface area contributed by atoms with E-state index in [1.807, 2.05) is 0 Å². The minimum atomic E-state index is -4.97. The van der Waals surface area contributed by atoms with Crippen LogP contribution in [0.3, 0.4) is 0 Å². The van der Waals surface area contributed by atoms with Crippen LogP contribution in [0.4, 0.5) is 0 Å². The maximum absolute atomic E-state index is 13.1. The van der Waals surface area contributed by atoms with E-state index in [0.717, 1.165) is 108 Å². The summed E-state index contributed by atoms with van der Waals surface area (Å²) in [7, 11) is -9.93. The number of carbonyl (C=O) groups is 4. The summed E-state index contributed by atoms with van der Waals surface area (Å²) in [5, 5.41) is 10.7. The van der Waals surface area contributed by atoms with E-state index in [4.69, 9.17) is 37.0 Å². The Bertz CT molecular complexity index is 2010. The lowest BCUT2D eigenvalue weighted by molar-refractivity contribution is -0.161. The summed E-state index contributed by atoms with van der Waals surface area (Å²) in [5.41, 5.74) is 0. The van der Waals surface area contributed by atoms with Gasteiger partial charge in [0.15, 0.2) is 12.2 Å². The highest BCUT2D eigenvalue weighted by molar-refractivity contribution is 7.47. The molecule has 0 saturated carbocycles. The fourth-order valence-corrected chi connectivity index (χ4v) is 14.7. The van der Waals surface area contributed by atoms with Gasteiger partial charge in [-0.05, 0) is 43.4 Å². The van der Waals surface area contributed by atoms with Gasteiger partial charge in [0.25, 0.3) is 0 Å². The van der Waals surface area contributed by atoms with Gasteiger partial charge in [0.1, 0.15) is 19.3 Å². The van der Waals surface area contributed by atoms with Gasteiger partial charge >= 0.3 is 39.5 Å². The molecule has 0 spiro atoms. The Kier molecular flexibility index (Phi) is 73.7. The molecular formula is C85H166O17P2. The molecule has 0 aliphatic rings. The number of rotatable bonds is 83. The molecule has 0 aromatic heterocycles. The number of carbonyl (C=O) groups excluding carboxylic acids is 4. The zero-order valence-electron chi connectivity index (χ0n) is 68.5. The number of unbranched alkanes of at least 4 members (excludes halogenated alkanes) is 50. The number of aliphatic hydroxyl groups excluding tert-OH is 1. The molecule has 0 aromatic rings. The Labute approximate surface area is 638 Å². The van der Waals surface area contributed by atoms with E-state index in [9.17, 15) is 43.2 Å². The van der Waals surface area contributed by atoms with Crippen molar-refractivity contribution in [1.29, 1.82) is 0 Å². The van der Waals surface area contributed by atoms with Gasteiger partial charge in [-0.3, -0.25) is 37.3 Å². The van der Waals surface area contributed by atoms with Gasteiger partial charge in [-0.15, -0.1) is 0 Å². The van der Waals surface area contributed by atoms with Gasteiger partial charge in [0.05, 0.1) is 26.4 Å². The molecule has 17 nitrogen and oxygen atoms in total. The zero-order chi connectivity index (χ0) is 76.5. The van der Waals surface area contributed by atoms with Crippen LogP contribution in [0, 0.1) is 17.8 Å². The van der Waals surface area contributed by atoms with Gasteiger partial charge < -0.3 is 33.8 Å². The number of aliphatic hydroxyl groups is 1. The number of ether oxygens (including phenoxy) is 4. The zero-order valence-corrected chi connectivity index (χ0v) is 70.3. The average molecular weight is 1520 g/mol. The van der Waals surface area contributed by atoms with Crippen molar-refractivity contribution in [3.05, 3.63) is 0 Å². The molecule has 19 heteroatoms. The van der Waals surface area contributed by atoms with E-state index in [1.165, 1.54) is 257 Å². The molecule has 0 aromatic carbocycles. The quantitative estimate of drug-likeness (QED) is 0.0222. The van der Waals surface area contributed by atoms with Crippen molar-refractivity contribution in [2.24, 2.45) is 17.8 Å². The van der Waals surface area contributed by atoms with E-state index >= 15 is 0 Å². The molecule has 0 fully saturated rings. The summed E-state index contributed by atoms with van der Waals surface area (Å²) in [4.78, 5) is 73.2. The molecule has 3 unspecified atom stereocenters. The molecule has 0 bridgehead atoms. The molecule has 0 rings (SSSR count). The summed E-state index contributed by atoms with van der Waals surface area (Å²) >= 11 is 0. The summed E-state index contributed by atoms with van der Waals surface area (Å²) in [6.07, 6.45) is 65.3. The second-order valence-electron chi connectivity index (χ2n) is 31.8. The molecule has 6 atom stereocenters. The van der Waals surface area contributed by atoms with Crippen molar-refractivity contribution in [3.63, 3.8) is 0 Å². The monoisotopic (exact) mass is 1520 g/mol. The van der Waals surface area contributed by atoms with Crippen molar-refractivity contribution in [2.45, 2.75) is 465 Å². The fraction of sp³-hybridized carbons (Fsp3) is 0.953. The minimum Gasteiger partial charge on any atom is -0.462 e. The lowest BCUT2D eigenvalue weighted by Gasteiger charge is -2.21. The molecule has 0 aliphatic carbocycles. The van der Waals surface area contributed by atoms with Crippen molar-refractivity contribution >= 4 is 39.5 Å². The average Bonchev–Trinajstić information content (AvgIpc) is 0.910.